The predicted octanol–water partition coefficient (Wildman–Crippen LogP) is 2.60. The second kappa shape index (κ2) is 8.24. The van der Waals surface area contributed by atoms with Gasteiger partial charge in [0.05, 0.1) is 5.56 Å². The van der Waals surface area contributed by atoms with Gasteiger partial charge in [0.2, 0.25) is 0 Å². The maximum atomic E-state index is 12.5. The summed E-state index contributed by atoms with van der Waals surface area (Å²) in [6, 6.07) is 15.6. The number of amides is 1. The maximum absolute atomic E-state index is 12.5. The lowest BCUT2D eigenvalue weighted by Crippen LogP contribution is -2.33. The third-order valence-corrected chi connectivity index (χ3v) is 3.38. The van der Waals surface area contributed by atoms with Crippen molar-refractivity contribution in [2.75, 3.05) is 13.1 Å². The minimum absolute atomic E-state index is 0.141. The molecule has 0 aromatic heterocycles. The van der Waals surface area contributed by atoms with E-state index in [-0.39, 0.29) is 11.7 Å². The molecule has 2 aromatic carbocycles. The van der Waals surface area contributed by atoms with Crippen LogP contribution in [0.5, 0.6) is 11.5 Å². The zero-order valence-electron chi connectivity index (χ0n) is 13.3. The second-order valence-corrected chi connectivity index (χ2v) is 4.83. The molecule has 1 amide bonds. The molecule has 0 bridgehead atoms. The number of rotatable bonds is 7. The van der Waals surface area contributed by atoms with Gasteiger partial charge in [0, 0.05) is 13.1 Å². The Morgan fingerprint density at radius 3 is 2.26 bits per heavy atom. The van der Waals surface area contributed by atoms with Crippen molar-refractivity contribution in [2.24, 2.45) is 0 Å². The minimum atomic E-state index is -1.50. The Hall–Kier alpha value is -2.47. The SMILES string of the molecule is CCN(CC)C(=O)c1ccccc1OB(O)Oc1ccccc1. The Morgan fingerprint density at radius 1 is 1.00 bits per heavy atom. The van der Waals surface area contributed by atoms with Crippen LogP contribution >= 0.6 is 0 Å². The van der Waals surface area contributed by atoms with E-state index >= 15 is 0 Å². The van der Waals surface area contributed by atoms with Crippen molar-refractivity contribution in [3.8, 4) is 11.5 Å². The summed E-state index contributed by atoms with van der Waals surface area (Å²) in [7, 11) is -1.50. The molecule has 0 saturated heterocycles. The number of para-hydroxylation sites is 2. The largest absolute Gasteiger partial charge is 0.785 e. The third-order valence-electron chi connectivity index (χ3n) is 3.38. The topological polar surface area (TPSA) is 59.0 Å². The van der Waals surface area contributed by atoms with E-state index in [9.17, 15) is 9.82 Å². The summed E-state index contributed by atoms with van der Waals surface area (Å²) in [6.07, 6.45) is 0. The van der Waals surface area contributed by atoms with Crippen LogP contribution in [0.3, 0.4) is 0 Å². The monoisotopic (exact) mass is 313 g/mol. The number of carbonyl (C=O) groups is 1. The molecule has 0 radical (unpaired) electrons. The first-order valence-electron chi connectivity index (χ1n) is 7.60. The summed E-state index contributed by atoms with van der Waals surface area (Å²) in [4.78, 5) is 14.2. The molecule has 0 aliphatic heterocycles. The van der Waals surface area contributed by atoms with E-state index in [0.29, 0.717) is 24.4 Å². The van der Waals surface area contributed by atoms with Crippen molar-refractivity contribution < 1.29 is 19.1 Å². The molecule has 0 atom stereocenters. The van der Waals surface area contributed by atoms with Crippen LogP contribution in [0.4, 0.5) is 0 Å². The van der Waals surface area contributed by atoms with E-state index < -0.39 is 7.32 Å². The van der Waals surface area contributed by atoms with E-state index in [4.69, 9.17) is 9.31 Å². The average Bonchev–Trinajstić information content (AvgIpc) is 2.57. The van der Waals surface area contributed by atoms with Gasteiger partial charge >= 0.3 is 7.32 Å². The number of nitrogens with zero attached hydrogens (tertiary/aromatic N) is 1. The van der Waals surface area contributed by atoms with Crippen molar-refractivity contribution in [3.05, 3.63) is 60.2 Å². The Morgan fingerprint density at radius 2 is 1.61 bits per heavy atom. The summed E-state index contributed by atoms with van der Waals surface area (Å²) in [5.41, 5.74) is 0.395. The van der Waals surface area contributed by atoms with Crippen LogP contribution in [-0.4, -0.2) is 36.2 Å². The van der Waals surface area contributed by atoms with Gasteiger partial charge in [-0.3, -0.25) is 4.79 Å². The number of hydrogen-bond acceptors (Lipinski definition) is 4. The molecule has 0 spiro atoms. The Kier molecular flexibility index (Phi) is 6.06. The van der Waals surface area contributed by atoms with E-state index in [2.05, 4.69) is 0 Å². The van der Waals surface area contributed by atoms with Crippen molar-refractivity contribution >= 4 is 13.2 Å². The predicted molar refractivity (Wildman–Crippen MR) is 89.4 cm³/mol. The Balaban J connectivity index is 2.12. The first kappa shape index (κ1) is 16.9. The fourth-order valence-corrected chi connectivity index (χ4v) is 2.18. The highest BCUT2D eigenvalue weighted by Gasteiger charge is 2.25. The molecule has 0 fully saturated rings. The van der Waals surface area contributed by atoms with Crippen LogP contribution < -0.4 is 9.31 Å². The third kappa shape index (κ3) is 4.50. The molecule has 2 rings (SSSR count). The summed E-state index contributed by atoms with van der Waals surface area (Å²) < 4.78 is 10.7. The highest BCUT2D eigenvalue weighted by molar-refractivity contribution is 6.37. The highest BCUT2D eigenvalue weighted by atomic mass is 16.7. The summed E-state index contributed by atoms with van der Waals surface area (Å²) >= 11 is 0. The lowest BCUT2D eigenvalue weighted by Gasteiger charge is -2.20. The average molecular weight is 313 g/mol. The number of hydrogen-bond donors (Lipinski definition) is 1. The Labute approximate surface area is 136 Å². The van der Waals surface area contributed by atoms with Crippen LogP contribution in [-0.2, 0) is 0 Å². The van der Waals surface area contributed by atoms with E-state index in [1.165, 1.54) is 0 Å². The Bertz CT molecular complexity index is 632. The first-order chi connectivity index (χ1) is 11.2. The van der Waals surface area contributed by atoms with Crippen LogP contribution in [0.2, 0.25) is 0 Å². The molecule has 5 nitrogen and oxygen atoms in total. The van der Waals surface area contributed by atoms with Crippen molar-refractivity contribution in [2.45, 2.75) is 13.8 Å². The fourth-order valence-electron chi connectivity index (χ4n) is 2.18. The van der Waals surface area contributed by atoms with Crippen LogP contribution in [0.25, 0.3) is 0 Å². The van der Waals surface area contributed by atoms with Gasteiger partial charge in [-0.1, -0.05) is 30.3 Å². The van der Waals surface area contributed by atoms with Crippen molar-refractivity contribution in [1.82, 2.24) is 4.90 Å². The molecule has 6 heteroatoms. The van der Waals surface area contributed by atoms with Crippen LogP contribution in [0.1, 0.15) is 24.2 Å². The summed E-state index contributed by atoms with van der Waals surface area (Å²) in [5, 5.41) is 9.95. The standard InChI is InChI=1S/C17H20BNO4/c1-3-19(4-2)17(20)15-12-8-9-13-16(15)23-18(21)22-14-10-6-5-7-11-14/h5-13,21H,3-4H2,1-2H3. The van der Waals surface area contributed by atoms with Crippen LogP contribution in [0.15, 0.2) is 54.6 Å². The fraction of sp³-hybridized carbons (Fsp3) is 0.235. The molecule has 0 unspecified atom stereocenters. The number of benzene rings is 2. The van der Waals surface area contributed by atoms with E-state index in [1.807, 2.05) is 19.9 Å². The highest BCUT2D eigenvalue weighted by Crippen LogP contribution is 2.21. The smallest absolute Gasteiger partial charge is 0.501 e. The van der Waals surface area contributed by atoms with Gasteiger partial charge in [0.1, 0.15) is 11.5 Å². The first-order valence-corrected chi connectivity index (χ1v) is 7.60. The zero-order valence-corrected chi connectivity index (χ0v) is 13.3. The maximum Gasteiger partial charge on any atom is 0.785 e. The molecular weight excluding hydrogens is 293 g/mol. The van der Waals surface area contributed by atoms with E-state index in [1.54, 1.807) is 53.4 Å². The van der Waals surface area contributed by atoms with Gasteiger partial charge < -0.3 is 19.2 Å². The van der Waals surface area contributed by atoms with Gasteiger partial charge in [0.15, 0.2) is 0 Å². The molecule has 0 saturated carbocycles. The summed E-state index contributed by atoms with van der Waals surface area (Å²) in [5.74, 6) is 0.623. The van der Waals surface area contributed by atoms with E-state index in [0.717, 1.165) is 0 Å². The number of carbonyl (C=O) groups excluding carboxylic acids is 1. The zero-order chi connectivity index (χ0) is 16.7. The molecule has 23 heavy (non-hydrogen) atoms. The molecule has 1 N–H and O–H groups in total. The second-order valence-electron chi connectivity index (χ2n) is 4.83. The van der Waals surface area contributed by atoms with Crippen LogP contribution in [0, 0.1) is 0 Å². The van der Waals surface area contributed by atoms with Gasteiger partial charge in [-0.25, -0.2) is 0 Å². The van der Waals surface area contributed by atoms with Gasteiger partial charge in [-0.05, 0) is 38.1 Å². The van der Waals surface area contributed by atoms with Crippen molar-refractivity contribution in [3.63, 3.8) is 0 Å². The molecule has 2 aromatic rings. The molecule has 0 aliphatic carbocycles. The quantitative estimate of drug-likeness (QED) is 0.798. The summed E-state index contributed by atoms with van der Waals surface area (Å²) in [6.45, 7) is 5.04. The normalized spacial score (nSPS) is 10.0. The molecule has 0 heterocycles. The van der Waals surface area contributed by atoms with Gasteiger partial charge in [-0.2, -0.15) is 0 Å². The lowest BCUT2D eigenvalue weighted by atomic mass is 10.1. The molecule has 120 valence electrons. The molecular formula is C17H20BNO4. The lowest BCUT2D eigenvalue weighted by molar-refractivity contribution is 0.0770. The van der Waals surface area contributed by atoms with Gasteiger partial charge in [-0.15, -0.1) is 0 Å². The minimum Gasteiger partial charge on any atom is -0.501 e. The molecule has 0 aliphatic rings. The van der Waals surface area contributed by atoms with Gasteiger partial charge in [0.25, 0.3) is 5.91 Å². The van der Waals surface area contributed by atoms with Crippen molar-refractivity contribution in [1.29, 1.82) is 0 Å².